The zero-order valence-electron chi connectivity index (χ0n) is 10.7. The molecule has 0 heterocycles. The van der Waals surface area contributed by atoms with Crippen LogP contribution in [0.2, 0.25) is 5.02 Å². The number of benzene rings is 1. The van der Waals surface area contributed by atoms with Gasteiger partial charge < -0.3 is 10.4 Å². The second-order valence-electron chi connectivity index (χ2n) is 4.23. The van der Waals surface area contributed by atoms with Gasteiger partial charge in [-0.25, -0.2) is 0 Å². The summed E-state index contributed by atoms with van der Waals surface area (Å²) in [7, 11) is 0. The average molecular weight is 302 g/mol. The van der Waals surface area contributed by atoms with Crippen LogP contribution in [0.3, 0.4) is 0 Å². The molecular weight excluding hydrogens is 286 g/mol. The van der Waals surface area contributed by atoms with Crippen molar-refractivity contribution in [2.24, 2.45) is 5.92 Å². The number of aliphatic carboxylic acids is 1. The van der Waals surface area contributed by atoms with Crippen LogP contribution >= 0.6 is 23.4 Å². The first kappa shape index (κ1) is 15.9. The molecule has 1 aromatic rings. The van der Waals surface area contributed by atoms with Crippen LogP contribution in [-0.4, -0.2) is 28.8 Å². The van der Waals surface area contributed by atoms with Crippen LogP contribution in [0.15, 0.2) is 29.2 Å². The highest BCUT2D eigenvalue weighted by atomic mass is 35.5. The summed E-state index contributed by atoms with van der Waals surface area (Å²) in [6.07, 6.45) is 0. The molecule has 0 spiro atoms. The van der Waals surface area contributed by atoms with Gasteiger partial charge in [-0.1, -0.05) is 11.6 Å². The van der Waals surface area contributed by atoms with E-state index >= 15 is 0 Å². The second kappa shape index (κ2) is 7.40. The molecule has 0 saturated carbocycles. The van der Waals surface area contributed by atoms with Crippen molar-refractivity contribution in [3.63, 3.8) is 0 Å². The van der Waals surface area contributed by atoms with E-state index in [1.807, 2.05) is 12.1 Å². The molecule has 0 aromatic heterocycles. The molecule has 0 aliphatic carbocycles. The SMILES string of the molecule is CC(NC(=O)CSc1ccc(Cl)cc1)C(C)C(=O)O. The van der Waals surface area contributed by atoms with E-state index in [1.165, 1.54) is 11.8 Å². The van der Waals surface area contributed by atoms with E-state index < -0.39 is 17.9 Å². The summed E-state index contributed by atoms with van der Waals surface area (Å²) < 4.78 is 0. The maximum Gasteiger partial charge on any atom is 0.308 e. The zero-order chi connectivity index (χ0) is 14.4. The molecule has 104 valence electrons. The number of thioether (sulfide) groups is 1. The lowest BCUT2D eigenvalue weighted by atomic mass is 10.0. The molecule has 2 N–H and O–H groups in total. The lowest BCUT2D eigenvalue weighted by Crippen LogP contribution is -2.40. The highest BCUT2D eigenvalue weighted by Crippen LogP contribution is 2.20. The predicted molar refractivity (Wildman–Crippen MR) is 76.6 cm³/mol. The van der Waals surface area contributed by atoms with Gasteiger partial charge in [0.15, 0.2) is 0 Å². The van der Waals surface area contributed by atoms with Crippen molar-refractivity contribution >= 4 is 35.2 Å². The Morgan fingerprint density at radius 3 is 2.42 bits per heavy atom. The van der Waals surface area contributed by atoms with Gasteiger partial charge in [-0.15, -0.1) is 11.8 Å². The summed E-state index contributed by atoms with van der Waals surface area (Å²) in [5, 5.41) is 12.2. The van der Waals surface area contributed by atoms with Crippen LogP contribution in [0.25, 0.3) is 0 Å². The Labute approximate surface area is 121 Å². The van der Waals surface area contributed by atoms with Crippen molar-refractivity contribution in [1.29, 1.82) is 0 Å². The van der Waals surface area contributed by atoms with Gasteiger partial charge in [-0.2, -0.15) is 0 Å². The normalized spacial score (nSPS) is 13.6. The maximum atomic E-state index is 11.7. The molecule has 0 fully saturated rings. The molecule has 4 nitrogen and oxygen atoms in total. The highest BCUT2D eigenvalue weighted by molar-refractivity contribution is 8.00. The number of halogens is 1. The van der Waals surface area contributed by atoms with E-state index in [4.69, 9.17) is 16.7 Å². The Hall–Kier alpha value is -1.20. The van der Waals surface area contributed by atoms with Gasteiger partial charge in [0.2, 0.25) is 5.91 Å². The molecular formula is C13H16ClNO3S. The number of carboxylic acids is 1. The standard InChI is InChI=1S/C13H16ClNO3S/c1-8(13(17)18)9(2)15-12(16)7-19-11-5-3-10(14)4-6-11/h3-6,8-9H,7H2,1-2H3,(H,15,16)(H,17,18). The molecule has 0 saturated heterocycles. The Kier molecular flexibility index (Phi) is 6.18. The largest absolute Gasteiger partial charge is 0.481 e. The molecule has 6 heteroatoms. The fourth-order valence-electron chi connectivity index (χ4n) is 1.31. The highest BCUT2D eigenvalue weighted by Gasteiger charge is 2.20. The summed E-state index contributed by atoms with van der Waals surface area (Å²) in [6.45, 7) is 3.25. The third-order valence-corrected chi connectivity index (χ3v) is 3.98. The van der Waals surface area contributed by atoms with Crippen LogP contribution in [0.5, 0.6) is 0 Å². The van der Waals surface area contributed by atoms with E-state index in [2.05, 4.69) is 5.32 Å². The van der Waals surface area contributed by atoms with Crippen molar-refractivity contribution in [2.75, 3.05) is 5.75 Å². The van der Waals surface area contributed by atoms with Gasteiger partial charge in [0, 0.05) is 16.0 Å². The first-order valence-corrected chi connectivity index (χ1v) is 7.17. The van der Waals surface area contributed by atoms with Crippen LogP contribution in [0.4, 0.5) is 0 Å². The lowest BCUT2D eigenvalue weighted by molar-refractivity contribution is -0.142. The Balaban J connectivity index is 2.39. The van der Waals surface area contributed by atoms with Crippen LogP contribution in [0.1, 0.15) is 13.8 Å². The minimum absolute atomic E-state index is 0.180. The number of hydrogen-bond donors (Lipinski definition) is 2. The minimum atomic E-state index is -0.918. The predicted octanol–water partition coefficient (Wildman–Crippen LogP) is 2.66. The zero-order valence-corrected chi connectivity index (χ0v) is 12.3. The fraction of sp³-hybridized carbons (Fsp3) is 0.385. The quantitative estimate of drug-likeness (QED) is 0.793. The molecule has 1 aromatic carbocycles. The Morgan fingerprint density at radius 1 is 1.32 bits per heavy atom. The summed E-state index contributed by atoms with van der Waals surface area (Å²) in [5.41, 5.74) is 0. The van der Waals surface area contributed by atoms with Gasteiger partial charge >= 0.3 is 5.97 Å². The Bertz CT molecular complexity index is 450. The van der Waals surface area contributed by atoms with Crippen molar-refractivity contribution in [1.82, 2.24) is 5.32 Å². The number of hydrogen-bond acceptors (Lipinski definition) is 3. The van der Waals surface area contributed by atoms with E-state index in [0.717, 1.165) is 4.90 Å². The van der Waals surface area contributed by atoms with Gasteiger partial charge in [0.1, 0.15) is 0 Å². The smallest absolute Gasteiger partial charge is 0.308 e. The van der Waals surface area contributed by atoms with Gasteiger partial charge in [0.25, 0.3) is 0 Å². The molecule has 19 heavy (non-hydrogen) atoms. The second-order valence-corrected chi connectivity index (χ2v) is 5.71. The number of carboxylic acid groups (broad SMARTS) is 1. The van der Waals surface area contributed by atoms with Crippen molar-refractivity contribution in [3.8, 4) is 0 Å². The van der Waals surface area contributed by atoms with Crippen LogP contribution < -0.4 is 5.32 Å². The third kappa shape index (κ3) is 5.53. The lowest BCUT2D eigenvalue weighted by Gasteiger charge is -2.17. The average Bonchev–Trinajstić information content (AvgIpc) is 2.37. The number of rotatable bonds is 6. The third-order valence-electron chi connectivity index (χ3n) is 2.71. The molecule has 1 rings (SSSR count). The van der Waals surface area contributed by atoms with Gasteiger partial charge in [0.05, 0.1) is 11.7 Å². The number of carbonyl (C=O) groups excluding carboxylic acids is 1. The number of amides is 1. The van der Waals surface area contributed by atoms with E-state index in [0.29, 0.717) is 5.02 Å². The molecule has 0 aliphatic rings. The topological polar surface area (TPSA) is 66.4 Å². The molecule has 0 aliphatic heterocycles. The molecule has 0 radical (unpaired) electrons. The van der Waals surface area contributed by atoms with E-state index in [1.54, 1.807) is 26.0 Å². The summed E-state index contributed by atoms with van der Waals surface area (Å²) >= 11 is 7.14. The van der Waals surface area contributed by atoms with Crippen molar-refractivity contribution < 1.29 is 14.7 Å². The van der Waals surface area contributed by atoms with Gasteiger partial charge in [-0.3, -0.25) is 9.59 Å². The van der Waals surface area contributed by atoms with Crippen molar-refractivity contribution in [3.05, 3.63) is 29.3 Å². The Morgan fingerprint density at radius 2 is 1.89 bits per heavy atom. The van der Waals surface area contributed by atoms with Crippen LogP contribution in [0, 0.1) is 5.92 Å². The molecule has 1 amide bonds. The first-order valence-electron chi connectivity index (χ1n) is 5.80. The fourth-order valence-corrected chi connectivity index (χ4v) is 2.15. The summed E-state index contributed by atoms with van der Waals surface area (Å²) in [5.74, 6) is -1.46. The number of nitrogens with one attached hydrogen (secondary N) is 1. The van der Waals surface area contributed by atoms with E-state index in [9.17, 15) is 9.59 Å². The van der Waals surface area contributed by atoms with Crippen LogP contribution in [-0.2, 0) is 9.59 Å². The minimum Gasteiger partial charge on any atom is -0.481 e. The van der Waals surface area contributed by atoms with Crippen molar-refractivity contribution in [2.45, 2.75) is 24.8 Å². The molecule has 2 atom stereocenters. The molecule has 0 bridgehead atoms. The summed E-state index contributed by atoms with van der Waals surface area (Å²) in [6, 6.07) is 6.80. The summed E-state index contributed by atoms with van der Waals surface area (Å²) in [4.78, 5) is 23.4. The van der Waals surface area contributed by atoms with E-state index in [-0.39, 0.29) is 11.7 Å². The maximum absolute atomic E-state index is 11.7. The number of carbonyl (C=O) groups is 2. The van der Waals surface area contributed by atoms with Gasteiger partial charge in [-0.05, 0) is 38.1 Å². The first-order chi connectivity index (χ1) is 8.90. The molecule has 2 unspecified atom stereocenters. The monoisotopic (exact) mass is 301 g/mol.